The van der Waals surface area contributed by atoms with E-state index in [0.29, 0.717) is 49.8 Å². The summed E-state index contributed by atoms with van der Waals surface area (Å²) in [7, 11) is 0. The van der Waals surface area contributed by atoms with Crippen LogP contribution in [-0.2, 0) is 15.0 Å². The Hall–Kier alpha value is -4.01. The number of fused-ring (bicyclic) bond motifs is 3. The highest BCUT2D eigenvalue weighted by Crippen LogP contribution is 2.50. The van der Waals surface area contributed by atoms with Crippen LogP contribution in [0, 0.1) is 11.8 Å². The second kappa shape index (κ2) is 12.8. The van der Waals surface area contributed by atoms with Gasteiger partial charge in [0.15, 0.2) is 11.5 Å². The van der Waals surface area contributed by atoms with Gasteiger partial charge in [-0.15, -0.1) is 22.0 Å². The van der Waals surface area contributed by atoms with Gasteiger partial charge in [0.2, 0.25) is 11.8 Å². The molecule has 48 heavy (non-hydrogen) atoms. The summed E-state index contributed by atoms with van der Waals surface area (Å²) in [6.45, 7) is 4.15. The molecule has 0 radical (unpaired) electrons. The van der Waals surface area contributed by atoms with Crippen molar-refractivity contribution < 1.29 is 60.3 Å². The first kappa shape index (κ1) is 33.9. The predicted molar refractivity (Wildman–Crippen MR) is 158 cm³/mol. The molecule has 2 amide bonds. The van der Waals surface area contributed by atoms with Crippen molar-refractivity contribution in [2.24, 2.45) is 11.8 Å². The predicted octanol–water partition coefficient (Wildman–Crippen LogP) is 5.60. The van der Waals surface area contributed by atoms with Gasteiger partial charge >= 0.3 is 12.7 Å². The number of rotatable bonds is 9. The van der Waals surface area contributed by atoms with Crippen LogP contribution in [0.3, 0.4) is 0 Å². The number of hydrogen-bond acceptors (Lipinski definition) is 8. The smallest absolute Gasteiger partial charge is 0.492 e. The van der Waals surface area contributed by atoms with Crippen LogP contribution in [0.5, 0.6) is 28.7 Å². The SMILES string of the molecule is CCCN(CCO)C(=O)[C@H]1CC[C@H]([C@H]2C[C@@H](NC(=O)[C@@]3(C)COc4cc5c(cc43)OC(F)(F)O5)c3ccc(OC(F)(F)F)cc3O2)CC1. The average molecular weight is 685 g/mol. The molecule has 1 fully saturated rings. The normalized spacial score (nSPS) is 26.8. The van der Waals surface area contributed by atoms with E-state index in [4.69, 9.17) is 9.47 Å². The van der Waals surface area contributed by atoms with Gasteiger partial charge in [-0.05, 0) is 63.1 Å². The highest BCUT2D eigenvalue weighted by atomic mass is 19.4. The highest BCUT2D eigenvalue weighted by Gasteiger charge is 2.50. The van der Waals surface area contributed by atoms with Crippen molar-refractivity contribution in [3.63, 3.8) is 0 Å². The number of carbonyl (C=O) groups excluding carboxylic acids is 2. The Balaban J connectivity index is 1.22. The molecule has 3 atom stereocenters. The van der Waals surface area contributed by atoms with Gasteiger partial charge in [0.1, 0.15) is 35.4 Å². The van der Waals surface area contributed by atoms with Crippen molar-refractivity contribution in [2.45, 2.75) is 82.6 Å². The lowest BCUT2D eigenvalue weighted by molar-refractivity contribution is -0.286. The van der Waals surface area contributed by atoms with Gasteiger partial charge in [-0.1, -0.05) is 6.92 Å². The molecule has 10 nitrogen and oxygen atoms in total. The molecule has 6 rings (SSSR count). The summed E-state index contributed by atoms with van der Waals surface area (Å²) in [6, 6.07) is 5.57. The molecule has 3 aliphatic heterocycles. The Kier molecular flexibility index (Phi) is 9.02. The molecular formula is C33H37F5N2O8. The molecule has 1 aliphatic carbocycles. The largest absolute Gasteiger partial charge is 0.586 e. The van der Waals surface area contributed by atoms with E-state index in [1.54, 1.807) is 11.8 Å². The van der Waals surface area contributed by atoms with Crippen molar-refractivity contribution in [3.05, 3.63) is 41.5 Å². The van der Waals surface area contributed by atoms with Crippen molar-refractivity contribution >= 4 is 11.8 Å². The monoisotopic (exact) mass is 684 g/mol. The minimum atomic E-state index is -4.92. The number of hydrogen-bond donors (Lipinski definition) is 2. The zero-order valence-corrected chi connectivity index (χ0v) is 26.4. The minimum Gasteiger partial charge on any atom is -0.492 e. The molecule has 0 spiro atoms. The summed E-state index contributed by atoms with van der Waals surface area (Å²) in [5.74, 6) is -1.37. The molecule has 0 saturated heterocycles. The molecule has 0 bridgehead atoms. The Morgan fingerprint density at radius 3 is 2.40 bits per heavy atom. The lowest BCUT2D eigenvalue weighted by Gasteiger charge is -2.40. The molecule has 262 valence electrons. The second-order valence-corrected chi connectivity index (χ2v) is 12.9. The van der Waals surface area contributed by atoms with Crippen molar-refractivity contribution in [1.82, 2.24) is 10.2 Å². The summed E-state index contributed by atoms with van der Waals surface area (Å²) in [4.78, 5) is 28.8. The van der Waals surface area contributed by atoms with E-state index in [0.717, 1.165) is 18.6 Å². The number of nitrogens with zero attached hydrogens (tertiary/aromatic N) is 1. The fraction of sp³-hybridized carbons (Fsp3) is 0.576. The zero-order valence-electron chi connectivity index (χ0n) is 26.4. The number of benzene rings is 2. The van der Waals surface area contributed by atoms with Crippen LogP contribution in [0.25, 0.3) is 0 Å². The van der Waals surface area contributed by atoms with Gasteiger partial charge in [-0.2, -0.15) is 0 Å². The lowest BCUT2D eigenvalue weighted by atomic mass is 9.76. The third-order valence-corrected chi connectivity index (χ3v) is 9.58. The number of aliphatic hydroxyl groups excluding tert-OH is 1. The molecule has 2 aromatic rings. The number of carbonyl (C=O) groups is 2. The Bertz CT molecular complexity index is 1540. The molecule has 15 heteroatoms. The van der Waals surface area contributed by atoms with Crippen LogP contribution in [0.4, 0.5) is 22.0 Å². The summed E-state index contributed by atoms with van der Waals surface area (Å²) in [5, 5.41) is 12.4. The molecular weight excluding hydrogens is 647 g/mol. The third kappa shape index (κ3) is 6.78. The van der Waals surface area contributed by atoms with Crippen LogP contribution >= 0.6 is 0 Å². The van der Waals surface area contributed by atoms with Gasteiger partial charge in [0, 0.05) is 48.7 Å². The first-order valence-electron chi connectivity index (χ1n) is 16.0. The van der Waals surface area contributed by atoms with Crippen LogP contribution in [-0.4, -0.2) is 66.9 Å². The Morgan fingerprint density at radius 2 is 1.73 bits per heavy atom. The maximum atomic E-state index is 14.0. The second-order valence-electron chi connectivity index (χ2n) is 12.9. The van der Waals surface area contributed by atoms with E-state index in [1.165, 1.54) is 18.2 Å². The van der Waals surface area contributed by atoms with E-state index in [9.17, 15) is 36.6 Å². The number of aliphatic hydroxyl groups is 1. The minimum absolute atomic E-state index is 0.00280. The van der Waals surface area contributed by atoms with E-state index >= 15 is 0 Å². The molecule has 3 heterocycles. The molecule has 0 unspecified atom stereocenters. The maximum absolute atomic E-state index is 14.0. The first-order chi connectivity index (χ1) is 22.7. The Labute approximate surface area is 273 Å². The maximum Gasteiger partial charge on any atom is 0.586 e. The quantitative estimate of drug-likeness (QED) is 0.328. The molecule has 0 aromatic heterocycles. The van der Waals surface area contributed by atoms with Crippen LogP contribution in [0.2, 0.25) is 0 Å². The highest BCUT2D eigenvalue weighted by molar-refractivity contribution is 5.90. The van der Waals surface area contributed by atoms with E-state index in [2.05, 4.69) is 19.5 Å². The van der Waals surface area contributed by atoms with E-state index in [-0.39, 0.29) is 60.5 Å². The summed E-state index contributed by atoms with van der Waals surface area (Å²) in [6.07, 6.45) is -5.82. The zero-order chi connectivity index (χ0) is 34.4. The number of ether oxygens (including phenoxy) is 5. The third-order valence-electron chi connectivity index (χ3n) is 9.58. The van der Waals surface area contributed by atoms with E-state index < -0.39 is 41.9 Å². The van der Waals surface area contributed by atoms with Crippen LogP contribution < -0.4 is 29.0 Å². The lowest BCUT2D eigenvalue weighted by Crippen LogP contribution is -2.48. The van der Waals surface area contributed by atoms with Crippen LogP contribution in [0.15, 0.2) is 30.3 Å². The number of halogens is 5. The first-order valence-corrected chi connectivity index (χ1v) is 16.0. The Morgan fingerprint density at radius 1 is 1.02 bits per heavy atom. The number of amides is 2. The summed E-state index contributed by atoms with van der Waals surface area (Å²) >= 11 is 0. The standard InChI is InChI=1S/C33H37F5N2O8/c1-3-10-40(11-12-41)29(42)19-6-4-18(5-7-19)24-15-23(21-9-8-20(13-25(21)45-24)46-32(34,35)36)39-30(43)31(2)17-44-26-16-28-27(14-22(26)31)47-33(37,38)48-28/h8-9,13-14,16,18-19,23-24,41H,3-7,10-12,15,17H2,1-2H3,(H,39,43)/t18-,19-,23-,24-,31+/m1/s1. The van der Waals surface area contributed by atoms with Gasteiger partial charge < -0.3 is 39.0 Å². The molecule has 2 N–H and O–H groups in total. The molecule has 1 saturated carbocycles. The van der Waals surface area contributed by atoms with Gasteiger partial charge in [0.25, 0.3) is 0 Å². The molecule has 4 aliphatic rings. The fourth-order valence-electron chi connectivity index (χ4n) is 7.15. The topological polar surface area (TPSA) is 116 Å². The van der Waals surface area contributed by atoms with Crippen molar-refractivity contribution in [3.8, 4) is 28.7 Å². The van der Waals surface area contributed by atoms with Crippen molar-refractivity contribution in [2.75, 3.05) is 26.3 Å². The average Bonchev–Trinajstić information content (AvgIpc) is 3.52. The van der Waals surface area contributed by atoms with Crippen molar-refractivity contribution in [1.29, 1.82) is 0 Å². The fourth-order valence-corrected chi connectivity index (χ4v) is 7.15. The van der Waals surface area contributed by atoms with Gasteiger partial charge in [-0.3, -0.25) is 9.59 Å². The summed E-state index contributed by atoms with van der Waals surface area (Å²) < 4.78 is 91.9. The molecule has 2 aromatic carbocycles. The van der Waals surface area contributed by atoms with Gasteiger partial charge in [0.05, 0.1) is 12.6 Å². The summed E-state index contributed by atoms with van der Waals surface area (Å²) in [5.41, 5.74) is -0.555. The number of nitrogens with one attached hydrogen (secondary N) is 1. The van der Waals surface area contributed by atoms with Gasteiger partial charge in [-0.25, -0.2) is 0 Å². The number of alkyl halides is 5. The van der Waals surface area contributed by atoms with E-state index in [1.807, 2.05) is 6.92 Å². The van der Waals surface area contributed by atoms with Crippen LogP contribution in [0.1, 0.15) is 69.5 Å².